The van der Waals surface area contributed by atoms with Crippen molar-refractivity contribution in [2.24, 2.45) is 5.73 Å². The van der Waals surface area contributed by atoms with Gasteiger partial charge in [-0.25, -0.2) is 8.78 Å². The molecule has 94 valence electrons. The third-order valence-electron chi connectivity index (χ3n) is 2.57. The maximum Gasteiger partial charge on any atom is 0.275 e. The molecule has 1 aromatic rings. The summed E-state index contributed by atoms with van der Waals surface area (Å²) in [6.07, 6.45) is -2.97. The zero-order chi connectivity index (χ0) is 13.2. The fraction of sp³-hybridized carbons (Fsp3) is 0.455. The smallest absolute Gasteiger partial charge is 0.275 e. The monoisotopic (exact) mass is 244 g/mol. The maximum absolute atomic E-state index is 12.6. The zero-order valence-electron chi connectivity index (χ0n) is 9.61. The molecule has 0 aromatic heterocycles. The lowest BCUT2D eigenvalue weighted by atomic mass is 9.92. The molecule has 0 aliphatic carbocycles. The molecule has 2 N–H and O–H groups in total. The molecule has 4 nitrogen and oxygen atoms in total. The quantitative estimate of drug-likeness (QED) is 0.653. The molecule has 0 spiro atoms. The lowest BCUT2D eigenvalue weighted by molar-refractivity contribution is -0.386. The first-order valence-corrected chi connectivity index (χ1v) is 5.05. The van der Waals surface area contributed by atoms with E-state index in [1.54, 1.807) is 19.1 Å². The number of nitro benzene ring substituents is 1. The van der Waals surface area contributed by atoms with E-state index in [1.165, 1.54) is 13.0 Å². The third kappa shape index (κ3) is 2.97. The Hall–Kier alpha value is -1.56. The topological polar surface area (TPSA) is 69.2 Å². The number of hydrogen-bond donors (Lipinski definition) is 1. The molecule has 1 aromatic carbocycles. The fourth-order valence-electron chi connectivity index (χ4n) is 1.61. The average Bonchev–Trinajstić information content (AvgIpc) is 2.15. The van der Waals surface area contributed by atoms with Crippen LogP contribution in [0.3, 0.4) is 0 Å². The number of aryl methyl sites for hydroxylation is 1. The van der Waals surface area contributed by atoms with Crippen molar-refractivity contribution >= 4 is 5.69 Å². The minimum Gasteiger partial charge on any atom is -0.320 e. The van der Waals surface area contributed by atoms with Crippen LogP contribution in [0, 0.1) is 17.0 Å². The molecule has 0 saturated carbocycles. The predicted octanol–water partition coefficient (Wildman–Crippen LogP) is 2.43. The first-order valence-electron chi connectivity index (χ1n) is 5.05. The van der Waals surface area contributed by atoms with Crippen LogP contribution in [0.15, 0.2) is 18.2 Å². The van der Waals surface area contributed by atoms with E-state index in [2.05, 4.69) is 0 Å². The Kier molecular flexibility index (Phi) is 3.77. The Balaban J connectivity index is 3.15. The van der Waals surface area contributed by atoms with Gasteiger partial charge in [0.15, 0.2) is 0 Å². The summed E-state index contributed by atoms with van der Waals surface area (Å²) in [6, 6.07) is 4.62. The van der Waals surface area contributed by atoms with E-state index >= 15 is 0 Å². The largest absolute Gasteiger partial charge is 0.320 e. The van der Waals surface area contributed by atoms with Crippen LogP contribution in [0.25, 0.3) is 0 Å². The first-order chi connectivity index (χ1) is 7.75. The number of nitrogens with zero attached hydrogens (tertiary/aromatic N) is 1. The molecule has 0 saturated heterocycles. The van der Waals surface area contributed by atoms with Crippen LogP contribution in [0.5, 0.6) is 0 Å². The number of alkyl halides is 2. The van der Waals surface area contributed by atoms with Crippen LogP contribution in [0.4, 0.5) is 14.5 Å². The van der Waals surface area contributed by atoms with Gasteiger partial charge in [-0.05, 0) is 13.8 Å². The van der Waals surface area contributed by atoms with Crippen molar-refractivity contribution in [1.29, 1.82) is 0 Å². The van der Waals surface area contributed by atoms with Gasteiger partial charge in [-0.15, -0.1) is 0 Å². The highest BCUT2D eigenvalue weighted by atomic mass is 19.3. The minimum absolute atomic E-state index is 0.134. The molecule has 1 rings (SSSR count). The molecule has 0 radical (unpaired) electrons. The van der Waals surface area contributed by atoms with E-state index in [4.69, 9.17) is 5.73 Å². The van der Waals surface area contributed by atoms with Gasteiger partial charge < -0.3 is 5.73 Å². The molecule has 0 bridgehead atoms. The van der Waals surface area contributed by atoms with Crippen LogP contribution in [0.1, 0.15) is 18.1 Å². The molecule has 0 aliphatic rings. The van der Waals surface area contributed by atoms with Crippen LogP contribution in [0.2, 0.25) is 0 Å². The third-order valence-corrected chi connectivity index (χ3v) is 2.57. The van der Waals surface area contributed by atoms with Crippen LogP contribution in [-0.2, 0) is 6.42 Å². The average molecular weight is 244 g/mol. The van der Waals surface area contributed by atoms with Gasteiger partial charge in [-0.1, -0.05) is 18.2 Å². The lowest BCUT2D eigenvalue weighted by Gasteiger charge is -2.23. The highest BCUT2D eigenvalue weighted by Crippen LogP contribution is 2.27. The van der Waals surface area contributed by atoms with Crippen molar-refractivity contribution in [3.05, 3.63) is 39.4 Å². The second-order valence-electron chi connectivity index (χ2n) is 4.32. The molecular formula is C11H14F2N2O2. The van der Waals surface area contributed by atoms with Gasteiger partial charge in [0, 0.05) is 17.5 Å². The van der Waals surface area contributed by atoms with E-state index < -0.39 is 16.9 Å². The standard InChI is InChI=1S/C11H14F2N2O2/c1-7-4-3-5-8(9(7)15(16)17)6-11(2,14)10(12)13/h3-5,10H,6,14H2,1-2H3. The Morgan fingerprint density at radius 1 is 1.53 bits per heavy atom. The molecule has 1 unspecified atom stereocenters. The van der Waals surface area contributed by atoms with Gasteiger partial charge in [0.05, 0.1) is 10.5 Å². The maximum atomic E-state index is 12.6. The second-order valence-corrected chi connectivity index (χ2v) is 4.32. The Morgan fingerprint density at radius 2 is 2.12 bits per heavy atom. The van der Waals surface area contributed by atoms with Gasteiger partial charge in [-0.3, -0.25) is 10.1 Å². The lowest BCUT2D eigenvalue weighted by Crippen LogP contribution is -2.46. The fourth-order valence-corrected chi connectivity index (χ4v) is 1.61. The summed E-state index contributed by atoms with van der Waals surface area (Å²) in [7, 11) is 0. The molecule has 6 heteroatoms. The summed E-state index contributed by atoms with van der Waals surface area (Å²) in [5.74, 6) is 0. The number of nitro groups is 1. The number of rotatable bonds is 4. The SMILES string of the molecule is Cc1cccc(CC(C)(N)C(F)F)c1[N+](=O)[O-]. The van der Waals surface area contributed by atoms with Gasteiger partial charge >= 0.3 is 0 Å². The number of halogens is 2. The highest BCUT2D eigenvalue weighted by molar-refractivity contribution is 5.47. The minimum atomic E-state index is -2.73. The summed E-state index contributed by atoms with van der Waals surface area (Å²) >= 11 is 0. The number of nitrogens with two attached hydrogens (primary N) is 1. The van der Waals surface area contributed by atoms with E-state index in [-0.39, 0.29) is 17.7 Å². The molecule has 0 amide bonds. The van der Waals surface area contributed by atoms with E-state index in [1.807, 2.05) is 0 Å². The van der Waals surface area contributed by atoms with Gasteiger partial charge in [0.25, 0.3) is 12.1 Å². The summed E-state index contributed by atoms with van der Waals surface area (Å²) in [4.78, 5) is 10.3. The molecular weight excluding hydrogens is 230 g/mol. The molecule has 0 heterocycles. The van der Waals surface area contributed by atoms with Crippen molar-refractivity contribution in [3.8, 4) is 0 Å². The number of hydrogen-bond acceptors (Lipinski definition) is 3. The van der Waals surface area contributed by atoms with Crippen molar-refractivity contribution in [3.63, 3.8) is 0 Å². The summed E-state index contributed by atoms with van der Waals surface area (Å²) in [5, 5.41) is 10.9. The summed E-state index contributed by atoms with van der Waals surface area (Å²) < 4.78 is 25.3. The Bertz CT molecular complexity index is 433. The van der Waals surface area contributed by atoms with Crippen molar-refractivity contribution in [1.82, 2.24) is 0 Å². The summed E-state index contributed by atoms with van der Waals surface area (Å²) in [5.41, 5.74) is 4.22. The number of benzene rings is 1. The summed E-state index contributed by atoms with van der Waals surface area (Å²) in [6.45, 7) is 2.75. The van der Waals surface area contributed by atoms with Crippen molar-refractivity contribution in [2.75, 3.05) is 0 Å². The normalized spacial score (nSPS) is 14.7. The molecule has 17 heavy (non-hydrogen) atoms. The van der Waals surface area contributed by atoms with E-state index in [9.17, 15) is 18.9 Å². The molecule has 0 fully saturated rings. The zero-order valence-corrected chi connectivity index (χ0v) is 9.61. The van der Waals surface area contributed by atoms with Crippen molar-refractivity contribution in [2.45, 2.75) is 32.2 Å². The van der Waals surface area contributed by atoms with Crippen LogP contribution < -0.4 is 5.73 Å². The molecule has 0 aliphatic heterocycles. The van der Waals surface area contributed by atoms with Gasteiger partial charge in [-0.2, -0.15) is 0 Å². The van der Waals surface area contributed by atoms with E-state index in [0.717, 1.165) is 0 Å². The van der Waals surface area contributed by atoms with Crippen molar-refractivity contribution < 1.29 is 13.7 Å². The Labute approximate surface area is 97.6 Å². The van der Waals surface area contributed by atoms with Crippen LogP contribution >= 0.6 is 0 Å². The Morgan fingerprint density at radius 3 is 2.59 bits per heavy atom. The number of para-hydroxylation sites is 1. The van der Waals surface area contributed by atoms with Gasteiger partial charge in [0.1, 0.15) is 0 Å². The predicted molar refractivity (Wildman–Crippen MR) is 60.1 cm³/mol. The first kappa shape index (κ1) is 13.5. The molecule has 1 atom stereocenters. The van der Waals surface area contributed by atoms with Gasteiger partial charge in [0.2, 0.25) is 0 Å². The highest BCUT2D eigenvalue weighted by Gasteiger charge is 2.33. The van der Waals surface area contributed by atoms with Crippen LogP contribution in [-0.4, -0.2) is 16.9 Å². The second kappa shape index (κ2) is 4.75. The van der Waals surface area contributed by atoms with E-state index in [0.29, 0.717) is 5.56 Å².